The largest absolute Gasteiger partial charge is 2.00 e. The van der Waals surface area contributed by atoms with Gasteiger partial charge >= 0.3 is 100 Å². The van der Waals surface area contributed by atoms with Gasteiger partial charge in [0.2, 0.25) is 0 Å². The maximum Gasteiger partial charge on any atom is 2.00 e. The van der Waals surface area contributed by atoms with Gasteiger partial charge in [-0.15, -0.1) is 0 Å². The molecule has 0 heterocycles. The fraction of sp³-hybridized carbons (Fsp3) is 0. The van der Waals surface area contributed by atoms with Crippen LogP contribution in [0.5, 0.6) is 0 Å². The average Bonchev–Trinajstić information content (AvgIpc) is 0. The minimum atomic E-state index is 0. The second-order valence-corrected chi connectivity index (χ2v) is 0. The third-order valence-electron chi connectivity index (χ3n) is 0. The van der Waals surface area contributed by atoms with Crippen LogP contribution in [0.25, 0.3) is 0 Å². The molecule has 0 aromatic rings. The van der Waals surface area contributed by atoms with Gasteiger partial charge in [0, 0.05) is 35.6 Å². The van der Waals surface area contributed by atoms with E-state index in [9.17, 15) is 0 Å². The summed E-state index contributed by atoms with van der Waals surface area (Å²) in [7, 11) is 0. The molecule has 0 aromatic carbocycles. The molecule has 2 radical (unpaired) electrons. The summed E-state index contributed by atoms with van der Waals surface area (Å²) >= 11 is 0. The number of hydrogen-bond donors (Lipinski definition) is 0. The third kappa shape index (κ3) is 17.8. The standard InChI is InChI=1S/Ca.La.Mn.O.Sr.4H/q+2;;+2;-2;+2;4*-1. The van der Waals surface area contributed by atoms with Crippen LogP contribution in [-0.2, 0) is 22.5 Å². The summed E-state index contributed by atoms with van der Waals surface area (Å²) in [5.74, 6) is 0. The smallest absolute Gasteiger partial charge is 2.00 e. The van der Waals surface area contributed by atoms with E-state index in [-0.39, 0.29) is 147 Å². The molecule has 24 valence electrons. The molecular formula is H4CaLaMnOSr. The van der Waals surface area contributed by atoms with Crippen molar-refractivity contribution in [3.8, 4) is 0 Å². The average molecular weight is 342 g/mol. The summed E-state index contributed by atoms with van der Waals surface area (Å²) in [6.07, 6.45) is 0. The quantitative estimate of drug-likeness (QED) is 0.535. The van der Waals surface area contributed by atoms with Crippen LogP contribution in [0.2, 0.25) is 0 Å². The maximum atomic E-state index is 0. The van der Waals surface area contributed by atoms with E-state index in [2.05, 4.69) is 0 Å². The Morgan fingerprint density at radius 2 is 1.20 bits per heavy atom. The Balaban J connectivity index is 0. The van der Waals surface area contributed by atoms with Gasteiger partial charge in [0.05, 0.1) is 0 Å². The zero-order valence-corrected chi connectivity index (χ0v) is 13.3. The summed E-state index contributed by atoms with van der Waals surface area (Å²) in [4.78, 5) is 0. The van der Waals surface area contributed by atoms with E-state index in [1.807, 2.05) is 0 Å². The second kappa shape index (κ2) is 23.7. The molecule has 0 saturated carbocycles. The van der Waals surface area contributed by atoms with E-state index < -0.39 is 0 Å². The molecule has 0 bridgehead atoms. The molecule has 0 atom stereocenters. The van der Waals surface area contributed by atoms with Crippen LogP contribution in [0.3, 0.4) is 0 Å². The summed E-state index contributed by atoms with van der Waals surface area (Å²) in [6, 6.07) is 0. The van der Waals surface area contributed by atoms with E-state index in [1.54, 1.807) is 0 Å². The molecule has 0 aliphatic heterocycles. The third-order valence-corrected chi connectivity index (χ3v) is 0. The maximum absolute atomic E-state index is 0. The fourth-order valence-corrected chi connectivity index (χ4v) is 0. The van der Waals surface area contributed by atoms with Gasteiger partial charge in [-0.25, -0.2) is 0 Å². The van der Waals surface area contributed by atoms with Crippen molar-refractivity contribution in [2.24, 2.45) is 0 Å². The molecule has 0 N–H and O–H groups in total. The van der Waals surface area contributed by atoms with E-state index in [1.165, 1.54) is 0 Å². The van der Waals surface area contributed by atoms with Crippen molar-refractivity contribution in [2.45, 2.75) is 0 Å². The Morgan fingerprint density at radius 1 is 1.20 bits per heavy atom. The molecule has 0 amide bonds. The first-order chi connectivity index (χ1) is 0. The van der Waals surface area contributed by atoms with Crippen LogP contribution in [-0.4, -0.2) is 83.2 Å². The molecule has 0 saturated heterocycles. The van der Waals surface area contributed by atoms with Crippen LogP contribution in [0.4, 0.5) is 0 Å². The Bertz CT molecular complexity index is 20.5. The summed E-state index contributed by atoms with van der Waals surface area (Å²) in [6.45, 7) is 0. The summed E-state index contributed by atoms with van der Waals surface area (Å²) in [5, 5.41) is 0. The van der Waals surface area contributed by atoms with E-state index in [0.717, 1.165) is 0 Å². The van der Waals surface area contributed by atoms with Gasteiger partial charge in [-0.2, -0.15) is 0 Å². The molecular weight excluding hydrogens is 338 g/mol. The van der Waals surface area contributed by atoms with Crippen LogP contribution < -0.4 is 0 Å². The molecule has 5 heteroatoms. The van der Waals surface area contributed by atoms with Crippen molar-refractivity contribution in [2.75, 3.05) is 0 Å². The van der Waals surface area contributed by atoms with Crippen molar-refractivity contribution in [3.05, 3.63) is 0 Å². The van der Waals surface area contributed by atoms with E-state index in [0.29, 0.717) is 0 Å². The van der Waals surface area contributed by atoms with Gasteiger partial charge in [0.15, 0.2) is 0 Å². The zero-order valence-electron chi connectivity index (χ0n) is 6.78. The second-order valence-electron chi connectivity index (χ2n) is 0. The van der Waals surface area contributed by atoms with Crippen LogP contribution in [0.15, 0.2) is 0 Å². The molecule has 0 aliphatic rings. The fourth-order valence-electron chi connectivity index (χ4n) is 0. The Labute approximate surface area is 143 Å². The van der Waals surface area contributed by atoms with Crippen LogP contribution in [0.1, 0.15) is 5.71 Å². The first-order valence-corrected chi connectivity index (χ1v) is 0. The van der Waals surface area contributed by atoms with Crippen molar-refractivity contribution in [1.82, 2.24) is 0 Å². The molecule has 1 nitrogen and oxygen atoms in total. The molecule has 0 unspecified atom stereocenters. The van der Waals surface area contributed by atoms with Crippen LogP contribution in [0, 0.1) is 35.6 Å². The van der Waals surface area contributed by atoms with Gasteiger partial charge < -0.3 is 11.2 Å². The SMILES string of the molecule is [Ca+2].[H-].[H-].[H-].[H-].[La].[Mn+2].[O-2].[Sr+2]. The topological polar surface area (TPSA) is 28.5 Å². The summed E-state index contributed by atoms with van der Waals surface area (Å²) < 4.78 is 0. The van der Waals surface area contributed by atoms with Gasteiger partial charge in [-0.05, 0) is 0 Å². The predicted octanol–water partition coefficient (Wildman–Crippen LogP) is -0.433. The number of hydrogen-bond acceptors (Lipinski definition) is 0. The minimum absolute atomic E-state index is 0. The predicted molar refractivity (Wildman–Crippen MR) is 16.6 cm³/mol. The Hall–Kier alpha value is 4.41. The van der Waals surface area contributed by atoms with Gasteiger partial charge in [0.1, 0.15) is 0 Å². The number of rotatable bonds is 0. The molecule has 0 aromatic heterocycles. The molecule has 0 spiro atoms. The van der Waals surface area contributed by atoms with Crippen molar-refractivity contribution < 1.29 is 63.9 Å². The Kier molecular flexibility index (Phi) is 162. The van der Waals surface area contributed by atoms with Crippen molar-refractivity contribution in [1.29, 1.82) is 0 Å². The minimum Gasteiger partial charge on any atom is -2.00 e. The van der Waals surface area contributed by atoms with Crippen LogP contribution >= 0.6 is 0 Å². The van der Waals surface area contributed by atoms with Gasteiger partial charge in [-0.3, -0.25) is 0 Å². The molecule has 0 rings (SSSR count). The molecule has 0 aliphatic carbocycles. The first-order valence-electron chi connectivity index (χ1n) is 0. The summed E-state index contributed by atoms with van der Waals surface area (Å²) in [5.41, 5.74) is 0. The van der Waals surface area contributed by atoms with Gasteiger partial charge in [0.25, 0.3) is 0 Å². The van der Waals surface area contributed by atoms with Crippen molar-refractivity contribution >= 4 is 83.2 Å². The van der Waals surface area contributed by atoms with E-state index >= 15 is 0 Å². The van der Waals surface area contributed by atoms with E-state index in [4.69, 9.17) is 0 Å². The molecule has 0 fully saturated rings. The molecule has 5 heavy (non-hydrogen) atoms. The monoisotopic (exact) mass is 342 g/mol. The zero-order chi connectivity index (χ0) is 0. The van der Waals surface area contributed by atoms with Crippen molar-refractivity contribution in [3.63, 3.8) is 0 Å². The first kappa shape index (κ1) is 34.2. The normalized spacial score (nSPS) is 0. The van der Waals surface area contributed by atoms with Gasteiger partial charge in [-0.1, -0.05) is 0 Å². The Morgan fingerprint density at radius 3 is 1.20 bits per heavy atom.